The fourth-order valence-corrected chi connectivity index (χ4v) is 0.880. The molecular weight excluding hydrogens is 136 g/mol. The molecule has 1 aliphatic rings. The molecule has 1 saturated carbocycles. The number of methoxy groups -OCH3 is 1. The second-order valence-corrected chi connectivity index (χ2v) is 2.31. The zero-order chi connectivity index (χ0) is 7.72. The molecule has 1 rings (SSSR count). The van der Waals surface area contributed by atoms with Crippen LogP contribution in [0.3, 0.4) is 0 Å². The van der Waals surface area contributed by atoms with Crippen molar-refractivity contribution >= 4 is 11.9 Å². The standard InChI is InChI=1S/C6H8O4/c1-10-6(9)4-2-3(4)5(7)8/h3-4H,2H2,1H3,(H,7,8)/t3?,4-/m1/s1. The van der Waals surface area contributed by atoms with E-state index in [1.165, 1.54) is 7.11 Å². The molecule has 0 bridgehead atoms. The smallest absolute Gasteiger partial charge is 0.309 e. The van der Waals surface area contributed by atoms with Crippen molar-refractivity contribution < 1.29 is 19.4 Å². The number of rotatable bonds is 2. The van der Waals surface area contributed by atoms with E-state index >= 15 is 0 Å². The molecular formula is C6H8O4. The molecule has 10 heavy (non-hydrogen) atoms. The van der Waals surface area contributed by atoms with Crippen molar-refractivity contribution in [3.05, 3.63) is 0 Å². The minimum absolute atomic E-state index is 0.387. The van der Waals surface area contributed by atoms with Crippen LogP contribution < -0.4 is 0 Å². The molecule has 0 spiro atoms. The number of aliphatic carboxylic acids is 1. The molecule has 0 aromatic carbocycles. The van der Waals surface area contributed by atoms with Crippen LogP contribution in [0.4, 0.5) is 0 Å². The average molecular weight is 144 g/mol. The summed E-state index contributed by atoms with van der Waals surface area (Å²) in [6.45, 7) is 0. The van der Waals surface area contributed by atoms with E-state index in [0.717, 1.165) is 0 Å². The molecule has 0 heterocycles. The predicted octanol–water partition coefficient (Wildman–Crippen LogP) is -0.120. The molecule has 0 amide bonds. The Morgan fingerprint density at radius 2 is 2.10 bits per heavy atom. The van der Waals surface area contributed by atoms with Gasteiger partial charge in [-0.1, -0.05) is 0 Å². The number of ether oxygens (including phenoxy) is 1. The summed E-state index contributed by atoms with van der Waals surface area (Å²) in [7, 11) is 1.26. The second-order valence-electron chi connectivity index (χ2n) is 2.31. The third-order valence-corrected chi connectivity index (χ3v) is 1.61. The zero-order valence-electron chi connectivity index (χ0n) is 5.53. The van der Waals surface area contributed by atoms with Crippen molar-refractivity contribution in [2.75, 3.05) is 7.11 Å². The number of carboxylic acid groups (broad SMARTS) is 1. The molecule has 1 aliphatic carbocycles. The van der Waals surface area contributed by atoms with Crippen LogP contribution >= 0.6 is 0 Å². The molecule has 1 N–H and O–H groups in total. The Bertz CT molecular complexity index is 175. The van der Waals surface area contributed by atoms with Crippen molar-refractivity contribution in [1.82, 2.24) is 0 Å². The van der Waals surface area contributed by atoms with E-state index in [1.54, 1.807) is 0 Å². The number of esters is 1. The third-order valence-electron chi connectivity index (χ3n) is 1.61. The highest BCUT2D eigenvalue weighted by atomic mass is 16.5. The van der Waals surface area contributed by atoms with Crippen LogP contribution in [-0.4, -0.2) is 24.2 Å². The lowest BCUT2D eigenvalue weighted by Crippen LogP contribution is -2.08. The van der Waals surface area contributed by atoms with Gasteiger partial charge in [0, 0.05) is 0 Å². The largest absolute Gasteiger partial charge is 0.481 e. The van der Waals surface area contributed by atoms with Crippen molar-refractivity contribution in [3.63, 3.8) is 0 Å². The first-order valence-corrected chi connectivity index (χ1v) is 2.97. The number of hydrogen-bond acceptors (Lipinski definition) is 3. The van der Waals surface area contributed by atoms with Gasteiger partial charge in [0.05, 0.1) is 18.9 Å². The van der Waals surface area contributed by atoms with Crippen LogP contribution in [0.1, 0.15) is 6.42 Å². The fraction of sp³-hybridized carbons (Fsp3) is 0.667. The Balaban J connectivity index is 2.38. The molecule has 1 unspecified atom stereocenters. The summed E-state index contributed by atoms with van der Waals surface area (Å²) >= 11 is 0. The Hall–Kier alpha value is -1.06. The Kier molecular flexibility index (Phi) is 1.61. The van der Waals surface area contributed by atoms with Gasteiger partial charge in [0.15, 0.2) is 0 Å². The molecule has 4 heteroatoms. The molecule has 0 aliphatic heterocycles. The molecule has 56 valence electrons. The highest BCUT2D eigenvalue weighted by Gasteiger charge is 2.49. The summed E-state index contributed by atoms with van der Waals surface area (Å²) in [5.41, 5.74) is 0. The minimum atomic E-state index is -0.907. The molecule has 0 radical (unpaired) electrons. The van der Waals surface area contributed by atoms with E-state index in [2.05, 4.69) is 4.74 Å². The van der Waals surface area contributed by atoms with E-state index in [0.29, 0.717) is 6.42 Å². The third kappa shape index (κ3) is 1.10. The number of carbonyl (C=O) groups excluding carboxylic acids is 1. The molecule has 0 aromatic rings. The van der Waals surface area contributed by atoms with Gasteiger partial charge >= 0.3 is 11.9 Å². The number of hydrogen-bond donors (Lipinski definition) is 1. The summed E-state index contributed by atoms with van der Waals surface area (Å²) in [6, 6.07) is 0. The maximum absolute atomic E-state index is 10.6. The quantitative estimate of drug-likeness (QED) is 0.549. The van der Waals surface area contributed by atoms with E-state index in [-0.39, 0.29) is 5.92 Å². The topological polar surface area (TPSA) is 63.6 Å². The van der Waals surface area contributed by atoms with Gasteiger partial charge in [0.2, 0.25) is 0 Å². The summed E-state index contributed by atoms with van der Waals surface area (Å²) < 4.78 is 4.35. The molecule has 1 fully saturated rings. The first-order chi connectivity index (χ1) is 4.66. The van der Waals surface area contributed by atoms with Crippen LogP contribution in [0.2, 0.25) is 0 Å². The number of carboxylic acids is 1. The van der Waals surface area contributed by atoms with Crippen molar-refractivity contribution in [2.24, 2.45) is 11.8 Å². The lowest BCUT2D eigenvalue weighted by molar-refractivity contribution is -0.146. The first-order valence-electron chi connectivity index (χ1n) is 2.97. The fourth-order valence-electron chi connectivity index (χ4n) is 0.880. The van der Waals surface area contributed by atoms with Crippen LogP contribution in [-0.2, 0) is 14.3 Å². The van der Waals surface area contributed by atoms with Gasteiger partial charge in [0.1, 0.15) is 0 Å². The molecule has 2 atom stereocenters. The molecule has 0 saturated heterocycles. The number of carbonyl (C=O) groups is 2. The SMILES string of the molecule is COC(=O)[C@@H]1CC1C(=O)O. The van der Waals surface area contributed by atoms with Gasteiger partial charge in [-0.15, -0.1) is 0 Å². The zero-order valence-corrected chi connectivity index (χ0v) is 5.53. The predicted molar refractivity (Wildman–Crippen MR) is 31.2 cm³/mol. The lowest BCUT2D eigenvalue weighted by atomic mass is 10.3. The summed E-state index contributed by atoms with van der Waals surface area (Å²) in [6.07, 6.45) is 0.433. The lowest BCUT2D eigenvalue weighted by Gasteiger charge is -1.92. The normalized spacial score (nSPS) is 29.3. The van der Waals surface area contributed by atoms with Gasteiger partial charge in [0.25, 0.3) is 0 Å². The monoisotopic (exact) mass is 144 g/mol. The van der Waals surface area contributed by atoms with E-state index in [9.17, 15) is 9.59 Å². The minimum Gasteiger partial charge on any atom is -0.481 e. The van der Waals surface area contributed by atoms with Gasteiger partial charge in [-0.05, 0) is 6.42 Å². The molecule has 4 nitrogen and oxygen atoms in total. The van der Waals surface area contributed by atoms with Crippen LogP contribution in [0.15, 0.2) is 0 Å². The summed E-state index contributed by atoms with van der Waals surface area (Å²) in [4.78, 5) is 20.8. The van der Waals surface area contributed by atoms with E-state index < -0.39 is 17.9 Å². The highest BCUT2D eigenvalue weighted by Crippen LogP contribution is 2.39. The van der Waals surface area contributed by atoms with Crippen molar-refractivity contribution in [1.29, 1.82) is 0 Å². The van der Waals surface area contributed by atoms with Crippen LogP contribution in [0.25, 0.3) is 0 Å². The summed E-state index contributed by atoms with van der Waals surface area (Å²) in [5, 5.41) is 8.36. The Morgan fingerprint density at radius 1 is 1.50 bits per heavy atom. The van der Waals surface area contributed by atoms with Crippen molar-refractivity contribution in [2.45, 2.75) is 6.42 Å². The van der Waals surface area contributed by atoms with Crippen LogP contribution in [0.5, 0.6) is 0 Å². The van der Waals surface area contributed by atoms with Gasteiger partial charge < -0.3 is 9.84 Å². The van der Waals surface area contributed by atoms with Gasteiger partial charge in [-0.2, -0.15) is 0 Å². The van der Waals surface area contributed by atoms with Gasteiger partial charge in [-0.25, -0.2) is 0 Å². The Morgan fingerprint density at radius 3 is 2.40 bits per heavy atom. The Labute approximate surface area is 57.8 Å². The highest BCUT2D eigenvalue weighted by molar-refractivity contribution is 5.86. The first kappa shape index (κ1) is 7.05. The maximum Gasteiger partial charge on any atom is 0.309 e. The maximum atomic E-state index is 10.6. The average Bonchev–Trinajstić information content (AvgIpc) is 2.64. The summed E-state index contributed by atoms with van der Waals surface area (Å²) in [5.74, 6) is -2.20. The van der Waals surface area contributed by atoms with E-state index in [4.69, 9.17) is 5.11 Å². The molecule has 0 aromatic heterocycles. The van der Waals surface area contributed by atoms with E-state index in [1.807, 2.05) is 0 Å². The van der Waals surface area contributed by atoms with Crippen LogP contribution in [0, 0.1) is 11.8 Å². The van der Waals surface area contributed by atoms with Gasteiger partial charge in [-0.3, -0.25) is 9.59 Å². The second kappa shape index (κ2) is 2.28. The van der Waals surface area contributed by atoms with Crippen molar-refractivity contribution in [3.8, 4) is 0 Å².